The van der Waals surface area contributed by atoms with Gasteiger partial charge >= 0.3 is 0 Å². The highest BCUT2D eigenvalue weighted by molar-refractivity contribution is 6.31. The molecule has 2 aromatic rings. The molecule has 0 amide bonds. The molecule has 0 aliphatic carbocycles. The average Bonchev–Trinajstić information content (AvgIpc) is 2.65. The third kappa shape index (κ3) is 2.33. The quantitative estimate of drug-likeness (QED) is 0.939. The van der Waals surface area contributed by atoms with Crippen LogP contribution in [0, 0.1) is 13.8 Å². The largest absolute Gasteiger partial charge is 0.496 e. The monoisotopic (exact) mass is 279 g/mol. The maximum Gasteiger partial charge on any atom is 0.125 e. The number of rotatable bonds is 3. The molecule has 2 N–H and O–H groups in total. The van der Waals surface area contributed by atoms with Gasteiger partial charge in [-0.15, -0.1) is 0 Å². The fourth-order valence-corrected chi connectivity index (χ4v) is 2.33. The minimum Gasteiger partial charge on any atom is -0.496 e. The van der Waals surface area contributed by atoms with Gasteiger partial charge in [0.1, 0.15) is 5.75 Å². The molecule has 4 nitrogen and oxygen atoms in total. The second-order valence-corrected chi connectivity index (χ2v) is 4.96. The van der Waals surface area contributed by atoms with E-state index in [0.29, 0.717) is 5.02 Å². The summed E-state index contributed by atoms with van der Waals surface area (Å²) in [6.45, 7) is 5.75. The third-order valence-electron chi connectivity index (χ3n) is 3.15. The molecule has 2 rings (SSSR count). The van der Waals surface area contributed by atoms with Crippen molar-refractivity contribution in [1.82, 2.24) is 9.78 Å². The number of methoxy groups -OCH3 is 1. The van der Waals surface area contributed by atoms with Gasteiger partial charge in [-0.25, -0.2) is 4.68 Å². The topological polar surface area (TPSA) is 53.1 Å². The number of nitrogens with two attached hydrogens (primary N) is 1. The van der Waals surface area contributed by atoms with Gasteiger partial charge in [-0.05, 0) is 32.9 Å². The molecule has 19 heavy (non-hydrogen) atoms. The first kappa shape index (κ1) is 13.9. The Balaban J connectivity index is 2.71. The first-order valence-corrected chi connectivity index (χ1v) is 6.49. The van der Waals surface area contributed by atoms with Crippen molar-refractivity contribution in [3.63, 3.8) is 0 Å². The number of halogens is 1. The summed E-state index contributed by atoms with van der Waals surface area (Å²) in [5.74, 6) is 0.760. The number of ether oxygens (including phenoxy) is 1. The van der Waals surface area contributed by atoms with Crippen molar-refractivity contribution >= 4 is 11.6 Å². The molecule has 1 heterocycles. The van der Waals surface area contributed by atoms with Crippen molar-refractivity contribution < 1.29 is 4.74 Å². The van der Waals surface area contributed by atoms with E-state index in [1.54, 1.807) is 7.11 Å². The van der Waals surface area contributed by atoms with Crippen LogP contribution in [0.5, 0.6) is 5.75 Å². The van der Waals surface area contributed by atoms with E-state index in [4.69, 9.17) is 22.1 Å². The zero-order chi connectivity index (χ0) is 14.2. The van der Waals surface area contributed by atoms with Crippen molar-refractivity contribution in [2.24, 2.45) is 5.73 Å². The minimum atomic E-state index is -0.158. The number of benzene rings is 1. The summed E-state index contributed by atoms with van der Waals surface area (Å²) < 4.78 is 7.21. The molecule has 1 aromatic heterocycles. The molecule has 0 radical (unpaired) electrons. The van der Waals surface area contributed by atoms with Crippen molar-refractivity contribution in [2.75, 3.05) is 7.11 Å². The van der Waals surface area contributed by atoms with Crippen LogP contribution in [-0.2, 0) is 0 Å². The molecule has 0 saturated carbocycles. The second-order valence-electron chi connectivity index (χ2n) is 4.58. The fraction of sp³-hybridized carbons (Fsp3) is 0.357. The first-order chi connectivity index (χ1) is 8.97. The lowest BCUT2D eigenvalue weighted by atomic mass is 10.1. The maximum absolute atomic E-state index is 6.21. The fourth-order valence-electron chi connectivity index (χ4n) is 2.21. The van der Waals surface area contributed by atoms with Gasteiger partial charge in [0, 0.05) is 11.6 Å². The predicted octanol–water partition coefficient (Wildman–Crippen LogP) is 3.17. The van der Waals surface area contributed by atoms with Crippen molar-refractivity contribution in [3.05, 3.63) is 40.2 Å². The molecule has 0 saturated heterocycles. The van der Waals surface area contributed by atoms with Crippen LogP contribution in [0.3, 0.4) is 0 Å². The van der Waals surface area contributed by atoms with Crippen LogP contribution in [0.25, 0.3) is 5.69 Å². The zero-order valence-electron chi connectivity index (χ0n) is 11.6. The molecule has 0 aliphatic heterocycles. The smallest absolute Gasteiger partial charge is 0.125 e. The minimum absolute atomic E-state index is 0.158. The number of aryl methyl sites for hydroxylation is 1. The number of hydrogen-bond donors (Lipinski definition) is 1. The molecule has 1 aromatic carbocycles. The highest BCUT2D eigenvalue weighted by atomic mass is 35.5. The van der Waals surface area contributed by atoms with E-state index in [0.717, 1.165) is 28.4 Å². The van der Waals surface area contributed by atoms with Crippen LogP contribution < -0.4 is 10.5 Å². The molecular weight excluding hydrogens is 262 g/mol. The highest BCUT2D eigenvalue weighted by Crippen LogP contribution is 2.32. The Morgan fingerprint density at radius 3 is 2.53 bits per heavy atom. The van der Waals surface area contributed by atoms with Gasteiger partial charge in [-0.1, -0.05) is 17.7 Å². The molecular formula is C14H18ClN3O. The second kappa shape index (κ2) is 5.23. The van der Waals surface area contributed by atoms with Gasteiger partial charge in [0.05, 0.1) is 29.2 Å². The van der Waals surface area contributed by atoms with Crippen LogP contribution in [0.2, 0.25) is 5.02 Å². The van der Waals surface area contributed by atoms with Crippen molar-refractivity contribution in [3.8, 4) is 11.4 Å². The number of hydrogen-bond acceptors (Lipinski definition) is 3. The molecule has 0 bridgehead atoms. The lowest BCUT2D eigenvalue weighted by Crippen LogP contribution is -2.13. The Kier molecular flexibility index (Phi) is 3.83. The predicted molar refractivity (Wildman–Crippen MR) is 77.2 cm³/mol. The summed E-state index contributed by atoms with van der Waals surface area (Å²) in [4.78, 5) is 0. The van der Waals surface area contributed by atoms with Crippen LogP contribution in [0.15, 0.2) is 18.2 Å². The van der Waals surface area contributed by atoms with Gasteiger partial charge in [0.2, 0.25) is 0 Å². The van der Waals surface area contributed by atoms with E-state index < -0.39 is 0 Å². The maximum atomic E-state index is 6.21. The zero-order valence-corrected chi connectivity index (χ0v) is 12.3. The number of aromatic nitrogens is 2. The molecule has 102 valence electrons. The SMILES string of the molecule is COc1cccc(-n2nc(C)c(Cl)c2C)c1[C@@H](C)N. The summed E-state index contributed by atoms with van der Waals surface area (Å²) in [6.07, 6.45) is 0. The van der Waals surface area contributed by atoms with Crippen LogP contribution in [0.1, 0.15) is 29.9 Å². The van der Waals surface area contributed by atoms with Crippen molar-refractivity contribution in [2.45, 2.75) is 26.8 Å². The van der Waals surface area contributed by atoms with Gasteiger partial charge in [0.25, 0.3) is 0 Å². The highest BCUT2D eigenvalue weighted by Gasteiger charge is 2.18. The Labute approximate surface area is 118 Å². The first-order valence-electron chi connectivity index (χ1n) is 6.12. The Hall–Kier alpha value is -1.52. The lowest BCUT2D eigenvalue weighted by molar-refractivity contribution is 0.406. The molecule has 0 spiro atoms. The standard InChI is InChI=1S/C14H18ClN3O/c1-8(16)13-11(6-5-7-12(13)19-4)18-10(3)14(15)9(2)17-18/h5-8H,16H2,1-4H3/t8-/m1/s1. The number of nitrogens with zero attached hydrogens (tertiary/aromatic N) is 2. The Bertz CT molecular complexity index is 605. The van der Waals surface area contributed by atoms with Crippen LogP contribution >= 0.6 is 11.6 Å². The van der Waals surface area contributed by atoms with Crippen LogP contribution in [0.4, 0.5) is 0 Å². The van der Waals surface area contributed by atoms with E-state index in [2.05, 4.69) is 5.10 Å². The third-order valence-corrected chi connectivity index (χ3v) is 3.70. The van der Waals surface area contributed by atoms with E-state index in [1.165, 1.54) is 0 Å². The lowest BCUT2D eigenvalue weighted by Gasteiger charge is -2.17. The summed E-state index contributed by atoms with van der Waals surface area (Å²) in [5.41, 5.74) is 9.60. The molecule has 1 atom stereocenters. The molecule has 0 aliphatic rings. The molecule has 0 unspecified atom stereocenters. The average molecular weight is 280 g/mol. The van der Waals surface area contributed by atoms with E-state index in [-0.39, 0.29) is 6.04 Å². The van der Waals surface area contributed by atoms with Gasteiger partial charge < -0.3 is 10.5 Å². The van der Waals surface area contributed by atoms with Gasteiger partial charge in [-0.2, -0.15) is 5.10 Å². The van der Waals surface area contributed by atoms with E-state index >= 15 is 0 Å². The molecule has 0 fully saturated rings. The van der Waals surface area contributed by atoms with Gasteiger partial charge in [0.15, 0.2) is 0 Å². The van der Waals surface area contributed by atoms with Crippen LogP contribution in [-0.4, -0.2) is 16.9 Å². The van der Waals surface area contributed by atoms with Crippen molar-refractivity contribution in [1.29, 1.82) is 0 Å². The summed E-state index contributed by atoms with van der Waals surface area (Å²) >= 11 is 6.21. The summed E-state index contributed by atoms with van der Waals surface area (Å²) in [5, 5.41) is 5.15. The summed E-state index contributed by atoms with van der Waals surface area (Å²) in [6, 6.07) is 5.63. The summed E-state index contributed by atoms with van der Waals surface area (Å²) in [7, 11) is 1.64. The Morgan fingerprint density at radius 1 is 1.37 bits per heavy atom. The van der Waals surface area contributed by atoms with E-state index in [1.807, 2.05) is 43.7 Å². The molecule has 5 heteroatoms. The van der Waals surface area contributed by atoms with Gasteiger partial charge in [-0.3, -0.25) is 0 Å². The Morgan fingerprint density at radius 2 is 2.05 bits per heavy atom. The van der Waals surface area contributed by atoms with E-state index in [9.17, 15) is 0 Å². The normalized spacial score (nSPS) is 12.5.